The van der Waals surface area contributed by atoms with Gasteiger partial charge in [-0.3, -0.25) is 0 Å². The molecule has 2 nitrogen and oxygen atoms in total. The van der Waals surface area contributed by atoms with Crippen molar-refractivity contribution in [1.82, 2.24) is 5.32 Å². The van der Waals surface area contributed by atoms with Gasteiger partial charge in [0.1, 0.15) is 11.9 Å². The third-order valence-electron chi connectivity index (χ3n) is 3.70. The third kappa shape index (κ3) is 3.99. The summed E-state index contributed by atoms with van der Waals surface area (Å²) in [5, 5.41) is 4.21. The number of rotatable bonds is 6. The molecule has 1 aliphatic rings. The van der Waals surface area contributed by atoms with E-state index in [1.165, 1.54) is 18.4 Å². The van der Waals surface area contributed by atoms with E-state index in [4.69, 9.17) is 16.3 Å². The van der Waals surface area contributed by atoms with Crippen molar-refractivity contribution in [3.8, 4) is 5.75 Å². The molecule has 0 heterocycles. The Labute approximate surface area is 131 Å². The van der Waals surface area contributed by atoms with Crippen LogP contribution in [0.3, 0.4) is 0 Å². The van der Waals surface area contributed by atoms with E-state index < -0.39 is 0 Å². The highest BCUT2D eigenvalue weighted by Gasteiger charge is 2.23. The quantitative estimate of drug-likeness (QED) is 0.847. The van der Waals surface area contributed by atoms with Crippen molar-refractivity contribution in [2.45, 2.75) is 31.9 Å². The SMILES string of the molecule is Cc1ccc(OC(CNC2CC2)c2ccccc2)c(Cl)c1. The largest absolute Gasteiger partial charge is 0.483 e. The maximum atomic E-state index is 6.29. The zero-order chi connectivity index (χ0) is 14.7. The highest BCUT2D eigenvalue weighted by atomic mass is 35.5. The Hall–Kier alpha value is -1.51. The first-order chi connectivity index (χ1) is 10.2. The smallest absolute Gasteiger partial charge is 0.138 e. The summed E-state index contributed by atoms with van der Waals surface area (Å²) in [6, 6.07) is 16.9. The van der Waals surface area contributed by atoms with E-state index in [0.717, 1.165) is 17.9 Å². The van der Waals surface area contributed by atoms with Crippen LogP contribution in [0.2, 0.25) is 5.02 Å². The summed E-state index contributed by atoms with van der Waals surface area (Å²) < 4.78 is 6.17. The third-order valence-corrected chi connectivity index (χ3v) is 3.99. The highest BCUT2D eigenvalue weighted by Crippen LogP contribution is 2.30. The lowest BCUT2D eigenvalue weighted by Gasteiger charge is -2.21. The lowest BCUT2D eigenvalue weighted by Crippen LogP contribution is -2.26. The fourth-order valence-electron chi connectivity index (χ4n) is 2.31. The molecule has 3 heteroatoms. The summed E-state index contributed by atoms with van der Waals surface area (Å²) >= 11 is 6.29. The number of ether oxygens (including phenoxy) is 1. The van der Waals surface area contributed by atoms with E-state index in [-0.39, 0.29) is 6.10 Å². The van der Waals surface area contributed by atoms with Crippen LogP contribution in [0.4, 0.5) is 0 Å². The second-order valence-electron chi connectivity index (χ2n) is 5.63. The molecule has 0 saturated heterocycles. The van der Waals surface area contributed by atoms with Crippen LogP contribution in [-0.4, -0.2) is 12.6 Å². The van der Waals surface area contributed by atoms with Gasteiger partial charge in [0.2, 0.25) is 0 Å². The molecule has 1 atom stereocenters. The number of benzene rings is 2. The Balaban J connectivity index is 1.77. The molecule has 2 aromatic carbocycles. The zero-order valence-electron chi connectivity index (χ0n) is 12.2. The van der Waals surface area contributed by atoms with Crippen LogP contribution in [0.5, 0.6) is 5.75 Å². The first kappa shape index (κ1) is 14.4. The molecule has 0 radical (unpaired) electrons. The van der Waals surface area contributed by atoms with Gasteiger partial charge in [-0.15, -0.1) is 0 Å². The van der Waals surface area contributed by atoms with Crippen molar-refractivity contribution in [2.24, 2.45) is 0 Å². The molecule has 1 saturated carbocycles. The summed E-state index contributed by atoms with van der Waals surface area (Å²) in [7, 11) is 0. The predicted octanol–water partition coefficient (Wildman–Crippen LogP) is 4.52. The fourth-order valence-corrected chi connectivity index (χ4v) is 2.59. The van der Waals surface area contributed by atoms with Crippen LogP contribution in [-0.2, 0) is 0 Å². The Morgan fingerprint density at radius 1 is 1.19 bits per heavy atom. The molecule has 0 bridgehead atoms. The summed E-state index contributed by atoms with van der Waals surface area (Å²) in [5.41, 5.74) is 2.31. The normalized spacial score (nSPS) is 15.7. The molecule has 1 unspecified atom stereocenters. The molecule has 2 aromatic rings. The zero-order valence-corrected chi connectivity index (χ0v) is 12.9. The minimum absolute atomic E-state index is 0.0213. The van der Waals surface area contributed by atoms with Gasteiger partial charge in [0.25, 0.3) is 0 Å². The Kier molecular flexibility index (Phi) is 4.47. The van der Waals surface area contributed by atoms with Crippen LogP contribution in [0.15, 0.2) is 48.5 Å². The van der Waals surface area contributed by atoms with Crippen molar-refractivity contribution in [1.29, 1.82) is 0 Å². The van der Waals surface area contributed by atoms with Crippen molar-refractivity contribution in [2.75, 3.05) is 6.54 Å². The van der Waals surface area contributed by atoms with Gasteiger partial charge in [-0.05, 0) is 43.0 Å². The van der Waals surface area contributed by atoms with Gasteiger partial charge in [-0.2, -0.15) is 0 Å². The van der Waals surface area contributed by atoms with Gasteiger partial charge in [0.15, 0.2) is 0 Å². The Bertz CT molecular complexity index is 595. The van der Waals surface area contributed by atoms with E-state index >= 15 is 0 Å². The Morgan fingerprint density at radius 2 is 1.95 bits per heavy atom. The molecular formula is C18H20ClNO. The molecule has 1 aliphatic carbocycles. The number of hydrogen-bond acceptors (Lipinski definition) is 2. The van der Waals surface area contributed by atoms with Crippen LogP contribution in [0.1, 0.15) is 30.1 Å². The van der Waals surface area contributed by atoms with Gasteiger partial charge >= 0.3 is 0 Å². The summed E-state index contributed by atoms with van der Waals surface area (Å²) in [6.45, 7) is 2.83. The molecule has 21 heavy (non-hydrogen) atoms. The minimum atomic E-state index is -0.0213. The number of halogens is 1. The molecule has 1 fully saturated rings. The second-order valence-corrected chi connectivity index (χ2v) is 6.04. The number of nitrogens with one attached hydrogen (secondary N) is 1. The monoisotopic (exact) mass is 301 g/mol. The number of aryl methyl sites for hydroxylation is 1. The molecule has 1 N–H and O–H groups in total. The topological polar surface area (TPSA) is 21.3 Å². The molecule has 0 spiro atoms. The standard InChI is InChI=1S/C18H20ClNO/c1-13-7-10-17(16(19)11-13)21-18(12-20-15-8-9-15)14-5-3-2-4-6-14/h2-7,10-11,15,18,20H,8-9,12H2,1H3. The van der Waals surface area contributed by atoms with Crippen molar-refractivity contribution < 1.29 is 4.74 Å². The molecule has 0 aromatic heterocycles. The first-order valence-electron chi connectivity index (χ1n) is 7.43. The van der Waals surface area contributed by atoms with Gasteiger partial charge in [0, 0.05) is 12.6 Å². The van der Waals surface area contributed by atoms with Gasteiger partial charge in [-0.1, -0.05) is 48.0 Å². The van der Waals surface area contributed by atoms with E-state index in [1.807, 2.05) is 43.3 Å². The minimum Gasteiger partial charge on any atom is -0.483 e. The molecule has 0 aliphatic heterocycles. The van der Waals surface area contributed by atoms with E-state index in [9.17, 15) is 0 Å². The van der Waals surface area contributed by atoms with Crippen molar-refractivity contribution >= 4 is 11.6 Å². The molecule has 3 rings (SSSR count). The van der Waals surface area contributed by atoms with E-state index in [2.05, 4.69) is 17.4 Å². The van der Waals surface area contributed by atoms with Crippen LogP contribution >= 0.6 is 11.6 Å². The second kappa shape index (κ2) is 6.50. The predicted molar refractivity (Wildman–Crippen MR) is 87.0 cm³/mol. The van der Waals surface area contributed by atoms with Crippen molar-refractivity contribution in [3.63, 3.8) is 0 Å². The van der Waals surface area contributed by atoms with Gasteiger partial charge in [0.05, 0.1) is 5.02 Å². The highest BCUT2D eigenvalue weighted by molar-refractivity contribution is 6.32. The van der Waals surface area contributed by atoms with E-state index in [0.29, 0.717) is 11.1 Å². The maximum Gasteiger partial charge on any atom is 0.138 e. The summed E-state index contributed by atoms with van der Waals surface area (Å²) in [5.74, 6) is 0.744. The van der Waals surface area contributed by atoms with Crippen molar-refractivity contribution in [3.05, 3.63) is 64.7 Å². The average molecular weight is 302 g/mol. The molecule has 110 valence electrons. The molecular weight excluding hydrogens is 282 g/mol. The average Bonchev–Trinajstić information content (AvgIpc) is 3.31. The van der Waals surface area contributed by atoms with E-state index in [1.54, 1.807) is 0 Å². The van der Waals surface area contributed by atoms with Gasteiger partial charge < -0.3 is 10.1 Å². The summed E-state index contributed by atoms with van der Waals surface area (Å²) in [4.78, 5) is 0. The Morgan fingerprint density at radius 3 is 2.62 bits per heavy atom. The van der Waals surface area contributed by atoms with Crippen LogP contribution in [0.25, 0.3) is 0 Å². The lowest BCUT2D eigenvalue weighted by atomic mass is 10.1. The van der Waals surface area contributed by atoms with Crippen LogP contribution < -0.4 is 10.1 Å². The summed E-state index contributed by atoms with van der Waals surface area (Å²) in [6.07, 6.45) is 2.52. The maximum absolute atomic E-state index is 6.29. The fraction of sp³-hybridized carbons (Fsp3) is 0.333. The van der Waals surface area contributed by atoms with Crippen LogP contribution in [0, 0.1) is 6.92 Å². The van der Waals surface area contributed by atoms with Gasteiger partial charge in [-0.25, -0.2) is 0 Å². The molecule has 0 amide bonds. The lowest BCUT2D eigenvalue weighted by molar-refractivity contribution is 0.201. The number of hydrogen-bond donors (Lipinski definition) is 1. The first-order valence-corrected chi connectivity index (χ1v) is 7.81.